The van der Waals surface area contributed by atoms with Gasteiger partial charge in [0.2, 0.25) is 0 Å². The van der Waals surface area contributed by atoms with Gasteiger partial charge < -0.3 is 9.64 Å². The van der Waals surface area contributed by atoms with Gasteiger partial charge >= 0.3 is 0 Å². The van der Waals surface area contributed by atoms with Crippen LogP contribution in [-0.4, -0.2) is 45.6 Å². The third-order valence-corrected chi connectivity index (χ3v) is 5.93. The van der Waals surface area contributed by atoms with Gasteiger partial charge in [0, 0.05) is 23.8 Å². The van der Waals surface area contributed by atoms with Gasteiger partial charge in [-0.1, -0.05) is 6.07 Å². The van der Waals surface area contributed by atoms with Crippen molar-refractivity contribution in [3.05, 3.63) is 52.1 Å². The maximum absolute atomic E-state index is 12.5. The summed E-state index contributed by atoms with van der Waals surface area (Å²) in [7, 11) is -4.01. The summed E-state index contributed by atoms with van der Waals surface area (Å²) in [4.78, 5) is 18.5. The van der Waals surface area contributed by atoms with E-state index >= 15 is 0 Å². The Morgan fingerprint density at radius 3 is 2.58 bits per heavy atom. The van der Waals surface area contributed by atoms with Gasteiger partial charge in [0.05, 0.1) is 18.8 Å². The highest BCUT2D eigenvalue weighted by atomic mass is 79.9. The zero-order chi connectivity index (χ0) is 18.7. The molecule has 0 saturated carbocycles. The Hall–Kier alpha value is -1.97. The van der Waals surface area contributed by atoms with Gasteiger partial charge in [0.15, 0.2) is 0 Å². The summed E-state index contributed by atoms with van der Waals surface area (Å²) in [5.41, 5.74) is 1.20. The molecule has 1 amide bonds. The summed E-state index contributed by atoms with van der Waals surface area (Å²) >= 11 is 3.28. The first-order valence-corrected chi connectivity index (χ1v) is 10.3. The summed E-state index contributed by atoms with van der Waals surface area (Å²) in [6.45, 7) is 4.52. The van der Waals surface area contributed by atoms with Gasteiger partial charge in [-0.25, -0.2) is 18.1 Å². The van der Waals surface area contributed by atoms with Crippen molar-refractivity contribution in [3.8, 4) is 0 Å². The molecule has 2 aromatic rings. The highest BCUT2D eigenvalue weighted by Gasteiger charge is 2.21. The number of aryl methyl sites for hydroxylation is 1. The average Bonchev–Trinajstić information content (AvgIpc) is 2.62. The molecule has 7 nitrogen and oxygen atoms in total. The zero-order valence-electron chi connectivity index (χ0n) is 14.1. The lowest BCUT2D eigenvalue weighted by Gasteiger charge is -2.27. The Labute approximate surface area is 160 Å². The van der Waals surface area contributed by atoms with Crippen LogP contribution in [0.1, 0.15) is 15.9 Å². The molecule has 0 radical (unpaired) electrons. The van der Waals surface area contributed by atoms with E-state index in [0.29, 0.717) is 36.6 Å². The predicted molar refractivity (Wildman–Crippen MR) is 101 cm³/mol. The van der Waals surface area contributed by atoms with Crippen LogP contribution in [0.3, 0.4) is 0 Å². The number of nitrogens with zero attached hydrogens (tertiary/aromatic N) is 2. The van der Waals surface area contributed by atoms with Crippen molar-refractivity contribution >= 4 is 37.7 Å². The number of carbonyl (C=O) groups excluding carboxylic acids is 1. The van der Waals surface area contributed by atoms with Crippen LogP contribution in [0.4, 0.5) is 5.82 Å². The summed E-state index contributed by atoms with van der Waals surface area (Å²) in [6.07, 6.45) is 1.25. The number of aromatic nitrogens is 1. The van der Waals surface area contributed by atoms with E-state index in [2.05, 4.69) is 25.6 Å². The van der Waals surface area contributed by atoms with E-state index in [4.69, 9.17) is 4.74 Å². The number of ether oxygens (including phenoxy) is 1. The topological polar surface area (TPSA) is 88.6 Å². The van der Waals surface area contributed by atoms with Crippen LogP contribution in [0, 0.1) is 6.92 Å². The van der Waals surface area contributed by atoms with Crippen LogP contribution < -0.4 is 9.62 Å². The largest absolute Gasteiger partial charge is 0.378 e. The Morgan fingerprint density at radius 1 is 1.23 bits per heavy atom. The fourth-order valence-corrected chi connectivity index (χ4v) is 4.14. The first-order valence-electron chi connectivity index (χ1n) is 7.99. The van der Waals surface area contributed by atoms with Crippen molar-refractivity contribution in [1.29, 1.82) is 0 Å². The molecule has 1 aromatic carbocycles. The number of pyridine rings is 1. The predicted octanol–water partition coefficient (Wildman–Crippen LogP) is 2.11. The van der Waals surface area contributed by atoms with E-state index in [9.17, 15) is 13.2 Å². The molecule has 9 heteroatoms. The van der Waals surface area contributed by atoms with E-state index in [1.54, 1.807) is 24.3 Å². The van der Waals surface area contributed by atoms with Gasteiger partial charge in [-0.15, -0.1) is 0 Å². The van der Waals surface area contributed by atoms with Crippen LogP contribution >= 0.6 is 15.9 Å². The first kappa shape index (κ1) is 18.8. The summed E-state index contributed by atoms with van der Waals surface area (Å²) in [5.74, 6) is -0.0195. The minimum absolute atomic E-state index is 0.0638. The lowest BCUT2D eigenvalue weighted by molar-refractivity contribution is 0.0980. The molecule has 0 spiro atoms. The van der Waals surface area contributed by atoms with Crippen molar-refractivity contribution in [2.24, 2.45) is 0 Å². The number of rotatable bonds is 4. The molecule has 1 aliphatic heterocycles. The molecular weight excluding hydrogens is 422 g/mol. The van der Waals surface area contributed by atoms with Gasteiger partial charge in [-0.2, -0.15) is 0 Å². The molecule has 0 bridgehead atoms. The number of carbonyl (C=O) groups is 1. The smallest absolute Gasteiger partial charge is 0.266 e. The lowest BCUT2D eigenvalue weighted by Crippen LogP contribution is -2.36. The normalized spacial score (nSPS) is 14.9. The van der Waals surface area contributed by atoms with Crippen molar-refractivity contribution in [2.75, 3.05) is 31.2 Å². The van der Waals surface area contributed by atoms with E-state index in [1.807, 2.05) is 11.8 Å². The molecule has 0 atom stereocenters. The van der Waals surface area contributed by atoms with Crippen LogP contribution in [0.15, 0.2) is 45.9 Å². The fraction of sp³-hybridized carbons (Fsp3) is 0.294. The molecule has 1 aliphatic rings. The van der Waals surface area contributed by atoms with Crippen LogP contribution in [0.2, 0.25) is 0 Å². The second-order valence-electron chi connectivity index (χ2n) is 5.87. The number of sulfonamides is 1. The van der Waals surface area contributed by atoms with Crippen molar-refractivity contribution in [3.63, 3.8) is 0 Å². The molecule has 3 rings (SSSR count). The SMILES string of the molecule is Cc1ccc(C(=O)NS(=O)(=O)c2ccc(N3CCOCC3)nc2)c(Br)c1. The standard InChI is InChI=1S/C17H18BrN3O4S/c1-12-2-4-14(15(18)10-12)17(22)20-26(23,24)13-3-5-16(19-11-13)21-6-8-25-9-7-21/h2-5,10-11H,6-9H2,1H3,(H,20,22). The van der Waals surface area contributed by atoms with Gasteiger partial charge in [0.1, 0.15) is 10.7 Å². The Bertz CT molecular complexity index is 910. The number of benzene rings is 1. The molecule has 1 fully saturated rings. The van der Waals surface area contributed by atoms with Crippen LogP contribution in [-0.2, 0) is 14.8 Å². The average molecular weight is 440 g/mol. The highest BCUT2D eigenvalue weighted by molar-refractivity contribution is 9.10. The van der Waals surface area contributed by atoms with Crippen LogP contribution in [0.25, 0.3) is 0 Å². The summed E-state index contributed by atoms with van der Waals surface area (Å²) < 4.78 is 32.8. The number of hydrogen-bond donors (Lipinski definition) is 1. The minimum atomic E-state index is -4.01. The third-order valence-electron chi connectivity index (χ3n) is 3.96. The molecular formula is C17H18BrN3O4S. The number of nitrogens with one attached hydrogen (secondary N) is 1. The van der Waals surface area contributed by atoms with E-state index in [1.165, 1.54) is 12.3 Å². The number of morpholine rings is 1. The Balaban J connectivity index is 1.76. The molecule has 0 aliphatic carbocycles. The number of halogens is 1. The zero-order valence-corrected chi connectivity index (χ0v) is 16.5. The molecule has 138 valence electrons. The van der Waals surface area contributed by atoms with Crippen molar-refractivity contribution in [1.82, 2.24) is 9.71 Å². The third kappa shape index (κ3) is 4.22. The highest BCUT2D eigenvalue weighted by Crippen LogP contribution is 2.20. The Morgan fingerprint density at radius 2 is 1.96 bits per heavy atom. The molecule has 1 saturated heterocycles. The number of anilines is 1. The van der Waals surface area contributed by atoms with Crippen molar-refractivity contribution < 1.29 is 17.9 Å². The summed E-state index contributed by atoms with van der Waals surface area (Å²) in [5, 5.41) is 0. The fourth-order valence-electron chi connectivity index (χ4n) is 2.55. The number of amides is 1. The Kier molecular flexibility index (Phi) is 5.59. The van der Waals surface area contributed by atoms with E-state index in [0.717, 1.165) is 5.56 Å². The van der Waals surface area contributed by atoms with E-state index < -0.39 is 15.9 Å². The quantitative estimate of drug-likeness (QED) is 0.784. The molecule has 2 heterocycles. The van der Waals surface area contributed by atoms with Crippen LogP contribution in [0.5, 0.6) is 0 Å². The number of hydrogen-bond acceptors (Lipinski definition) is 6. The maximum atomic E-state index is 12.5. The summed E-state index contributed by atoms with van der Waals surface area (Å²) in [6, 6.07) is 8.14. The van der Waals surface area contributed by atoms with Gasteiger partial charge in [0.25, 0.3) is 15.9 Å². The maximum Gasteiger partial charge on any atom is 0.266 e. The molecule has 1 aromatic heterocycles. The molecule has 26 heavy (non-hydrogen) atoms. The van der Waals surface area contributed by atoms with Gasteiger partial charge in [-0.3, -0.25) is 4.79 Å². The molecule has 1 N–H and O–H groups in total. The second-order valence-corrected chi connectivity index (χ2v) is 8.41. The van der Waals surface area contributed by atoms with E-state index in [-0.39, 0.29) is 10.5 Å². The molecule has 0 unspecified atom stereocenters. The van der Waals surface area contributed by atoms with Crippen molar-refractivity contribution in [2.45, 2.75) is 11.8 Å². The lowest BCUT2D eigenvalue weighted by atomic mass is 10.1. The second kappa shape index (κ2) is 7.73. The minimum Gasteiger partial charge on any atom is -0.378 e. The first-order chi connectivity index (χ1) is 12.4. The monoisotopic (exact) mass is 439 g/mol. The van der Waals surface area contributed by atoms with Gasteiger partial charge in [-0.05, 0) is 52.7 Å².